The third-order valence-electron chi connectivity index (χ3n) is 6.05. The molecule has 0 saturated carbocycles. The van der Waals surface area contributed by atoms with E-state index in [-0.39, 0.29) is 42.5 Å². The van der Waals surface area contributed by atoms with Crippen LogP contribution >= 0.6 is 19.0 Å². The minimum absolute atomic E-state index is 0.0178. The number of hydrogen-bond donors (Lipinski definition) is 6. The third kappa shape index (κ3) is 5.32. The van der Waals surface area contributed by atoms with E-state index in [0.29, 0.717) is 0 Å². The van der Waals surface area contributed by atoms with Crippen LogP contribution in [-0.2, 0) is 23.1 Å². The molecule has 3 unspecified atom stereocenters. The molecule has 7 N–H and O–H groups in total. The van der Waals surface area contributed by atoms with E-state index in [4.69, 9.17) is 30.0 Å². The van der Waals surface area contributed by atoms with Crippen LogP contribution in [0.25, 0.3) is 11.2 Å². The topological polar surface area (TPSA) is 258 Å². The summed E-state index contributed by atoms with van der Waals surface area (Å²) in [4.78, 5) is 41.8. The molecular weight excluding hydrogens is 549 g/mol. The highest BCUT2D eigenvalue weighted by atomic mass is 32.7. The van der Waals surface area contributed by atoms with Crippen molar-refractivity contribution in [2.24, 2.45) is 0 Å². The number of nitrogens with one attached hydrogen (secondary N) is 1. The van der Waals surface area contributed by atoms with Crippen molar-refractivity contribution in [2.45, 2.75) is 49.7 Å². The number of nitrogens with two attached hydrogens (primary N) is 2. The fourth-order valence-corrected chi connectivity index (χ4v) is 5.78. The molecule has 7 atom stereocenters. The number of nitrogen functional groups attached to an aromatic ring is 2. The molecular formula is C18H24N9O9PS. The lowest BCUT2D eigenvalue weighted by atomic mass is 10.2. The molecule has 0 spiro atoms. The van der Waals surface area contributed by atoms with E-state index >= 15 is 0 Å². The van der Waals surface area contributed by atoms with Crippen molar-refractivity contribution in [3.63, 3.8) is 0 Å². The molecule has 0 radical (unpaired) electrons. The quantitative estimate of drug-likeness (QED) is 0.130. The Morgan fingerprint density at radius 3 is 2.58 bits per heavy atom. The number of aliphatic hydroxyl groups excluding tert-OH is 2. The first-order chi connectivity index (χ1) is 18.0. The number of nitrogens with zero attached hydrogens (tertiary/aromatic N) is 6. The van der Waals surface area contributed by atoms with Gasteiger partial charge in [-0.1, -0.05) is 12.2 Å². The van der Waals surface area contributed by atoms with Crippen LogP contribution in [0.4, 0.5) is 11.9 Å². The number of thiol groups is 1. The average molecular weight is 573 g/mol. The molecule has 206 valence electrons. The minimum atomic E-state index is -4.06. The molecule has 18 nitrogen and oxygen atoms in total. The lowest BCUT2D eigenvalue weighted by Gasteiger charge is -2.22. The zero-order valence-electron chi connectivity index (χ0n) is 19.4. The summed E-state index contributed by atoms with van der Waals surface area (Å²) in [5.41, 5.74) is 9.97. The predicted molar refractivity (Wildman–Crippen MR) is 131 cm³/mol. The van der Waals surface area contributed by atoms with Crippen LogP contribution in [0, 0.1) is 0 Å². The maximum atomic E-state index is 13.0. The Morgan fingerprint density at radius 2 is 1.84 bits per heavy atom. The second kappa shape index (κ2) is 10.3. The van der Waals surface area contributed by atoms with Crippen molar-refractivity contribution in [2.75, 3.05) is 24.7 Å². The van der Waals surface area contributed by atoms with E-state index in [9.17, 15) is 24.4 Å². The van der Waals surface area contributed by atoms with E-state index < -0.39 is 61.5 Å². The van der Waals surface area contributed by atoms with Gasteiger partial charge in [0.2, 0.25) is 11.9 Å². The van der Waals surface area contributed by atoms with Gasteiger partial charge in [0, 0.05) is 12.8 Å². The summed E-state index contributed by atoms with van der Waals surface area (Å²) in [5, 5.41) is 20.1. The summed E-state index contributed by atoms with van der Waals surface area (Å²) in [6, 6.07) is 0. The van der Waals surface area contributed by atoms with Crippen LogP contribution < -0.4 is 22.7 Å². The number of fused-ring (bicyclic) bond motifs is 1. The van der Waals surface area contributed by atoms with Crippen LogP contribution in [0.15, 0.2) is 22.2 Å². The molecule has 3 aromatic heterocycles. The Labute approximate surface area is 217 Å². The van der Waals surface area contributed by atoms with Crippen LogP contribution in [0.5, 0.6) is 0 Å². The van der Waals surface area contributed by atoms with Gasteiger partial charge in [-0.05, 0) is 0 Å². The van der Waals surface area contributed by atoms with Gasteiger partial charge in [-0.2, -0.15) is 9.97 Å². The Bertz CT molecular complexity index is 1500. The fraction of sp³-hybridized carbons (Fsp3) is 0.556. The second-order valence-corrected chi connectivity index (χ2v) is 11.4. The number of aromatic amines is 1. The van der Waals surface area contributed by atoms with Crippen LogP contribution in [0.1, 0.15) is 25.3 Å². The molecule has 2 saturated heterocycles. The Hall–Kier alpha value is -2.90. The summed E-state index contributed by atoms with van der Waals surface area (Å²) < 4.78 is 37.9. The molecule has 0 amide bonds. The summed E-state index contributed by atoms with van der Waals surface area (Å²) in [5.74, 6) is -0.318. The summed E-state index contributed by atoms with van der Waals surface area (Å²) in [6.07, 6.45) is -3.01. The molecule has 38 heavy (non-hydrogen) atoms. The minimum Gasteiger partial charge on any atom is -0.394 e. The van der Waals surface area contributed by atoms with Crippen LogP contribution in [0.3, 0.4) is 0 Å². The van der Waals surface area contributed by atoms with Crippen LogP contribution in [0.2, 0.25) is 0 Å². The number of rotatable bonds is 8. The number of aromatic nitrogens is 7. The Kier molecular flexibility index (Phi) is 7.27. The van der Waals surface area contributed by atoms with Gasteiger partial charge in [-0.25, -0.2) is 19.3 Å². The van der Waals surface area contributed by atoms with Crippen molar-refractivity contribution >= 4 is 42.1 Å². The van der Waals surface area contributed by atoms with Gasteiger partial charge in [-0.15, -0.1) is 0 Å². The molecule has 5 heterocycles. The molecule has 2 aliphatic heterocycles. The Balaban J connectivity index is 1.23. The SMILES string of the molecule is Nc1ncn([C@H]2CC(O)[C@@H](COP(=O)(S)OC3C[C@H](n4cnc5c(=O)[nH]c(N)nc54)O[C@@H]3CO)O2)c(=O)n1. The number of hydrogen-bond acceptors (Lipinski definition) is 15. The molecule has 0 aromatic carbocycles. The first-order valence-corrected chi connectivity index (χ1v) is 13.9. The number of ether oxygens (including phenoxy) is 2. The molecule has 0 bridgehead atoms. The molecule has 2 aliphatic rings. The zero-order valence-corrected chi connectivity index (χ0v) is 21.2. The maximum absolute atomic E-state index is 13.0. The first kappa shape index (κ1) is 26.7. The normalized spacial score (nSPS) is 29.1. The molecule has 20 heteroatoms. The summed E-state index contributed by atoms with van der Waals surface area (Å²) >= 11 is 4.01. The van der Waals surface area contributed by atoms with Crippen molar-refractivity contribution < 1.29 is 33.3 Å². The lowest BCUT2D eigenvalue weighted by Crippen LogP contribution is -2.29. The number of aliphatic hydroxyl groups is 2. The highest BCUT2D eigenvalue weighted by Gasteiger charge is 2.42. The largest absolute Gasteiger partial charge is 0.394 e. The van der Waals surface area contributed by atoms with Gasteiger partial charge in [0.1, 0.15) is 37.1 Å². The van der Waals surface area contributed by atoms with Gasteiger partial charge in [0.25, 0.3) is 5.56 Å². The Morgan fingerprint density at radius 1 is 1.13 bits per heavy atom. The lowest BCUT2D eigenvalue weighted by molar-refractivity contribution is -0.0500. The van der Waals surface area contributed by atoms with E-state index in [1.807, 2.05) is 0 Å². The second-order valence-electron chi connectivity index (χ2n) is 8.57. The molecule has 3 aromatic rings. The van der Waals surface area contributed by atoms with E-state index in [2.05, 4.69) is 37.2 Å². The standard InChI is InChI=1S/C18H24N9O9PS/c19-16-22-6-27(18(31)25-16)11-1-7(29)10(35-11)4-33-37(32,38)36-8-2-12(34-9(8)3-28)26-5-21-13-14(26)23-17(20)24-15(13)30/h5-12,28-29H,1-4H2,(H,32,38)(H2,19,25,31)(H3,20,23,24,30)/t7?,8?,9-,10-,11-,12-,37?/m1/s1. The predicted octanol–water partition coefficient (Wildman–Crippen LogP) is -1.70. The van der Waals surface area contributed by atoms with Crippen molar-refractivity contribution in [3.8, 4) is 0 Å². The smallest absolute Gasteiger partial charge is 0.386 e. The summed E-state index contributed by atoms with van der Waals surface area (Å²) in [6.45, 7) is -4.93. The maximum Gasteiger partial charge on any atom is 0.386 e. The average Bonchev–Trinajstić information content (AvgIpc) is 3.54. The molecule has 0 aliphatic carbocycles. The molecule has 5 rings (SSSR count). The van der Waals surface area contributed by atoms with E-state index in [0.717, 1.165) is 10.9 Å². The first-order valence-electron chi connectivity index (χ1n) is 11.2. The highest BCUT2D eigenvalue weighted by Crippen LogP contribution is 2.56. The fourth-order valence-electron chi connectivity index (χ4n) is 4.26. The number of imidazole rings is 1. The van der Waals surface area contributed by atoms with Gasteiger partial charge in [0.15, 0.2) is 11.2 Å². The van der Waals surface area contributed by atoms with Crippen molar-refractivity contribution in [1.82, 2.24) is 34.1 Å². The van der Waals surface area contributed by atoms with Crippen molar-refractivity contribution in [3.05, 3.63) is 33.5 Å². The number of H-pyrrole nitrogens is 1. The molecule has 2 fully saturated rings. The van der Waals surface area contributed by atoms with Gasteiger partial charge in [0.05, 0.1) is 25.6 Å². The monoisotopic (exact) mass is 573 g/mol. The number of anilines is 2. The van der Waals surface area contributed by atoms with E-state index in [1.165, 1.54) is 10.9 Å². The third-order valence-corrected chi connectivity index (χ3v) is 7.69. The highest BCUT2D eigenvalue weighted by molar-refractivity contribution is 8.44. The zero-order chi connectivity index (χ0) is 27.2. The van der Waals surface area contributed by atoms with Gasteiger partial charge in [-0.3, -0.25) is 28.0 Å². The van der Waals surface area contributed by atoms with Gasteiger partial charge >= 0.3 is 12.5 Å². The summed E-state index contributed by atoms with van der Waals surface area (Å²) in [7, 11) is 0. The van der Waals surface area contributed by atoms with Gasteiger partial charge < -0.3 is 31.2 Å². The van der Waals surface area contributed by atoms with Crippen LogP contribution in [-0.4, -0.2) is 81.9 Å². The van der Waals surface area contributed by atoms with E-state index in [1.54, 1.807) is 0 Å². The van der Waals surface area contributed by atoms with Crippen molar-refractivity contribution in [1.29, 1.82) is 0 Å².